The zero-order chi connectivity index (χ0) is 13.9. The molecule has 1 heterocycles. The highest BCUT2D eigenvalue weighted by Gasteiger charge is 2.35. The molecule has 0 aliphatic carbocycles. The summed E-state index contributed by atoms with van der Waals surface area (Å²) in [7, 11) is 0. The van der Waals surface area contributed by atoms with Crippen molar-refractivity contribution in [3.63, 3.8) is 0 Å². The molecule has 0 bridgehead atoms. The summed E-state index contributed by atoms with van der Waals surface area (Å²) < 4.78 is 1.58. The zero-order valence-corrected chi connectivity index (χ0v) is 11.5. The van der Waals surface area contributed by atoms with Crippen LogP contribution in [0.1, 0.15) is 29.8 Å². The predicted molar refractivity (Wildman–Crippen MR) is 72.8 cm³/mol. The van der Waals surface area contributed by atoms with E-state index in [0.29, 0.717) is 5.56 Å². The Balaban J connectivity index is 2.21. The van der Waals surface area contributed by atoms with Crippen molar-refractivity contribution in [3.8, 4) is 0 Å². The first-order valence-corrected chi connectivity index (χ1v) is 6.26. The minimum atomic E-state index is -0.917. The number of carbonyl (C=O) groups is 1. The number of pyridine rings is 1. The number of hydrogen-bond donors (Lipinski definition) is 0. The fourth-order valence-corrected chi connectivity index (χ4v) is 1.87. The lowest BCUT2D eigenvalue weighted by Gasteiger charge is -2.18. The van der Waals surface area contributed by atoms with Crippen molar-refractivity contribution < 1.29 is 14.4 Å². The second-order valence-electron chi connectivity index (χ2n) is 5.04. The van der Waals surface area contributed by atoms with Gasteiger partial charge in [-0.1, -0.05) is 30.3 Å². The van der Waals surface area contributed by atoms with Gasteiger partial charge in [-0.05, 0) is 26.8 Å². The summed E-state index contributed by atoms with van der Waals surface area (Å²) in [4.78, 5) is 18.2. The molecular weight excluding hydrogens is 238 g/mol. The molecule has 19 heavy (non-hydrogen) atoms. The number of aromatic nitrogens is 1. The zero-order valence-electron chi connectivity index (χ0n) is 11.5. The summed E-state index contributed by atoms with van der Waals surface area (Å²) in [5.41, 5.74) is 0.811. The third kappa shape index (κ3) is 3.19. The Kier molecular flexibility index (Phi) is 3.65. The van der Waals surface area contributed by atoms with Crippen molar-refractivity contribution in [2.24, 2.45) is 0 Å². The van der Waals surface area contributed by atoms with E-state index in [0.717, 1.165) is 5.56 Å². The fraction of sp³-hybridized carbons (Fsp3) is 0.250. The second-order valence-corrected chi connectivity index (χ2v) is 5.04. The minimum Gasteiger partial charge on any atom is -0.289 e. The number of hydrogen-bond acceptors (Lipinski definition) is 2. The number of rotatable bonds is 4. The SMILES string of the molecule is Cc1ccc[n+](OC(C)(C)C(=O)c2ccccc2)c1. The number of benzene rings is 1. The van der Waals surface area contributed by atoms with Gasteiger partial charge in [0.15, 0.2) is 0 Å². The van der Waals surface area contributed by atoms with Gasteiger partial charge in [0.2, 0.25) is 23.8 Å². The van der Waals surface area contributed by atoms with Gasteiger partial charge in [-0.2, -0.15) is 0 Å². The quantitative estimate of drug-likeness (QED) is 0.621. The van der Waals surface area contributed by atoms with Gasteiger partial charge in [-0.15, -0.1) is 0 Å². The molecule has 0 radical (unpaired) electrons. The molecule has 3 nitrogen and oxygen atoms in total. The van der Waals surface area contributed by atoms with Gasteiger partial charge in [0, 0.05) is 21.9 Å². The van der Waals surface area contributed by atoms with Crippen LogP contribution in [0.4, 0.5) is 0 Å². The van der Waals surface area contributed by atoms with Crippen molar-refractivity contribution in [2.75, 3.05) is 0 Å². The molecule has 0 saturated carbocycles. The van der Waals surface area contributed by atoms with Gasteiger partial charge < -0.3 is 0 Å². The lowest BCUT2D eigenvalue weighted by Crippen LogP contribution is -2.56. The highest BCUT2D eigenvalue weighted by Crippen LogP contribution is 2.13. The van der Waals surface area contributed by atoms with Crippen LogP contribution in [-0.2, 0) is 0 Å². The van der Waals surface area contributed by atoms with Crippen molar-refractivity contribution in [3.05, 3.63) is 66.0 Å². The van der Waals surface area contributed by atoms with Gasteiger partial charge in [-0.3, -0.25) is 9.63 Å². The lowest BCUT2D eigenvalue weighted by molar-refractivity contribution is -0.903. The first-order chi connectivity index (χ1) is 8.99. The van der Waals surface area contributed by atoms with Crippen LogP contribution in [0, 0.1) is 6.92 Å². The maximum absolute atomic E-state index is 12.4. The van der Waals surface area contributed by atoms with Crippen LogP contribution in [0.25, 0.3) is 0 Å². The van der Waals surface area contributed by atoms with Crippen molar-refractivity contribution in [2.45, 2.75) is 26.4 Å². The summed E-state index contributed by atoms with van der Waals surface area (Å²) in [6, 6.07) is 13.1. The molecule has 0 N–H and O–H groups in total. The van der Waals surface area contributed by atoms with Gasteiger partial charge in [0.1, 0.15) is 0 Å². The normalized spacial score (nSPS) is 11.1. The maximum atomic E-state index is 12.4. The van der Waals surface area contributed by atoms with E-state index in [-0.39, 0.29) is 5.78 Å². The number of Topliss-reactive ketones (excluding diaryl/α,β-unsaturated/α-hetero) is 1. The first kappa shape index (κ1) is 13.3. The Morgan fingerprint density at radius 3 is 2.42 bits per heavy atom. The Bertz CT molecular complexity index is 576. The fourth-order valence-electron chi connectivity index (χ4n) is 1.87. The lowest BCUT2D eigenvalue weighted by atomic mass is 9.97. The Hall–Kier alpha value is -2.16. The van der Waals surface area contributed by atoms with Crippen molar-refractivity contribution >= 4 is 5.78 Å². The van der Waals surface area contributed by atoms with Crippen LogP contribution < -0.4 is 9.57 Å². The molecule has 3 heteroatoms. The molecule has 0 fully saturated rings. The highest BCUT2D eigenvalue weighted by atomic mass is 16.7. The number of ketones is 1. The smallest absolute Gasteiger partial charge is 0.236 e. The van der Waals surface area contributed by atoms with E-state index in [1.54, 1.807) is 36.9 Å². The molecule has 0 saturated heterocycles. The largest absolute Gasteiger partial charge is 0.289 e. The van der Waals surface area contributed by atoms with Gasteiger partial charge >= 0.3 is 0 Å². The molecular formula is C16H18NO2+. The molecule has 0 spiro atoms. The Morgan fingerprint density at radius 1 is 1.11 bits per heavy atom. The van der Waals surface area contributed by atoms with Crippen LogP contribution >= 0.6 is 0 Å². The molecule has 0 unspecified atom stereocenters. The number of aryl methyl sites for hydroxylation is 1. The average Bonchev–Trinajstić information content (AvgIpc) is 2.38. The third-order valence-corrected chi connectivity index (χ3v) is 2.84. The average molecular weight is 256 g/mol. The summed E-state index contributed by atoms with van der Waals surface area (Å²) in [6.07, 6.45) is 3.63. The molecule has 0 aliphatic heterocycles. The molecule has 0 atom stereocenters. The van der Waals surface area contributed by atoms with E-state index in [9.17, 15) is 4.79 Å². The number of carbonyl (C=O) groups excluding carboxylic acids is 1. The molecule has 1 aromatic heterocycles. The van der Waals surface area contributed by atoms with E-state index >= 15 is 0 Å². The molecule has 0 aliphatic rings. The monoisotopic (exact) mass is 256 g/mol. The van der Waals surface area contributed by atoms with E-state index in [4.69, 9.17) is 4.84 Å². The van der Waals surface area contributed by atoms with Gasteiger partial charge in [0.05, 0.1) is 0 Å². The van der Waals surface area contributed by atoms with Crippen molar-refractivity contribution in [1.82, 2.24) is 0 Å². The summed E-state index contributed by atoms with van der Waals surface area (Å²) in [6.45, 7) is 5.53. The summed E-state index contributed by atoms with van der Waals surface area (Å²) >= 11 is 0. The predicted octanol–water partition coefficient (Wildman–Crippen LogP) is 2.37. The molecule has 2 rings (SSSR count). The highest BCUT2D eigenvalue weighted by molar-refractivity contribution is 6.01. The summed E-state index contributed by atoms with van der Waals surface area (Å²) in [5.74, 6) is -0.0397. The first-order valence-electron chi connectivity index (χ1n) is 6.26. The topological polar surface area (TPSA) is 30.2 Å². The van der Waals surface area contributed by atoms with Crippen LogP contribution in [-0.4, -0.2) is 11.4 Å². The minimum absolute atomic E-state index is 0.0397. The molecule has 2 aromatic rings. The van der Waals surface area contributed by atoms with Gasteiger partial charge in [-0.25, -0.2) is 0 Å². The Labute approximate surface area is 113 Å². The van der Waals surface area contributed by atoms with E-state index in [1.165, 1.54) is 0 Å². The van der Waals surface area contributed by atoms with Crippen LogP contribution in [0.5, 0.6) is 0 Å². The third-order valence-electron chi connectivity index (χ3n) is 2.84. The second kappa shape index (κ2) is 5.22. The molecule has 98 valence electrons. The van der Waals surface area contributed by atoms with Crippen LogP contribution in [0.3, 0.4) is 0 Å². The van der Waals surface area contributed by atoms with E-state index in [1.807, 2.05) is 43.5 Å². The standard InChI is InChI=1S/C16H18NO2/c1-13-8-7-11-17(12-13)19-16(2,3)15(18)14-9-5-4-6-10-14/h4-12H,1-3H3/q+1. The number of nitrogens with zero attached hydrogens (tertiary/aromatic N) is 1. The van der Waals surface area contributed by atoms with E-state index < -0.39 is 5.60 Å². The van der Waals surface area contributed by atoms with Crippen LogP contribution in [0.15, 0.2) is 54.9 Å². The molecule has 0 amide bonds. The van der Waals surface area contributed by atoms with Crippen molar-refractivity contribution in [1.29, 1.82) is 0 Å². The summed E-state index contributed by atoms with van der Waals surface area (Å²) in [5, 5.41) is 0. The Morgan fingerprint density at radius 2 is 1.79 bits per heavy atom. The van der Waals surface area contributed by atoms with Crippen LogP contribution in [0.2, 0.25) is 0 Å². The van der Waals surface area contributed by atoms with Gasteiger partial charge in [0.25, 0.3) is 0 Å². The van der Waals surface area contributed by atoms with E-state index in [2.05, 4.69) is 0 Å². The maximum Gasteiger partial charge on any atom is 0.236 e. The molecule has 1 aromatic carbocycles.